The van der Waals surface area contributed by atoms with Crippen LogP contribution in [0.5, 0.6) is 23.4 Å². The van der Waals surface area contributed by atoms with E-state index in [1.807, 2.05) is 41.8 Å². The van der Waals surface area contributed by atoms with Crippen LogP contribution >= 0.6 is 15.9 Å². The Balaban J connectivity index is 1.61. The van der Waals surface area contributed by atoms with Gasteiger partial charge in [-0.05, 0) is 48.9 Å². The average Bonchev–Trinajstić information content (AvgIpc) is 3.23. The van der Waals surface area contributed by atoms with Crippen LogP contribution in [-0.2, 0) is 6.54 Å². The summed E-state index contributed by atoms with van der Waals surface area (Å²) in [6.45, 7) is 2.41. The Morgan fingerprint density at radius 1 is 0.950 bits per heavy atom. The minimum Gasteiger partial charge on any atom is -0.437 e. The fraction of sp³-hybridized carbons (Fsp3) is 0.138. The van der Waals surface area contributed by atoms with Crippen molar-refractivity contribution in [1.29, 1.82) is 5.41 Å². The number of carbonyl (C=O) groups is 1. The average molecular weight is 600 g/mol. The second-order valence-electron chi connectivity index (χ2n) is 9.24. The lowest BCUT2D eigenvalue weighted by Crippen LogP contribution is -2.21. The van der Waals surface area contributed by atoms with Gasteiger partial charge in [-0.2, -0.15) is 9.97 Å². The maximum atomic E-state index is 12.5. The molecule has 0 fully saturated rings. The number of nitrogens with zero attached hydrogens (tertiary/aromatic N) is 5. The van der Waals surface area contributed by atoms with Crippen LogP contribution in [0.2, 0.25) is 0 Å². The maximum absolute atomic E-state index is 12.5. The molecule has 10 nitrogen and oxygen atoms in total. The van der Waals surface area contributed by atoms with Gasteiger partial charge in [0.25, 0.3) is 11.8 Å². The third-order valence-electron chi connectivity index (χ3n) is 6.01. The Labute approximate surface area is 239 Å². The van der Waals surface area contributed by atoms with Gasteiger partial charge in [0.15, 0.2) is 11.2 Å². The van der Waals surface area contributed by atoms with Crippen molar-refractivity contribution in [3.8, 4) is 23.4 Å². The number of imidazole rings is 1. The highest BCUT2D eigenvalue weighted by Crippen LogP contribution is 2.33. The van der Waals surface area contributed by atoms with E-state index in [4.69, 9.17) is 30.6 Å². The molecule has 2 heterocycles. The quantitative estimate of drug-likeness (QED) is 0.177. The van der Waals surface area contributed by atoms with E-state index in [2.05, 4.69) is 20.9 Å². The molecule has 3 aromatic carbocycles. The van der Waals surface area contributed by atoms with E-state index in [0.29, 0.717) is 50.6 Å². The van der Waals surface area contributed by atoms with Crippen LogP contribution in [0, 0.1) is 12.3 Å². The van der Waals surface area contributed by atoms with Gasteiger partial charge >= 0.3 is 6.01 Å². The molecule has 0 unspecified atom stereocenters. The number of fused-ring (bicyclic) bond motifs is 1. The van der Waals surface area contributed by atoms with E-state index in [-0.39, 0.29) is 23.6 Å². The number of nitrogens with two attached hydrogens (primary N) is 1. The summed E-state index contributed by atoms with van der Waals surface area (Å²) in [6, 6.07) is 21.9. The second kappa shape index (κ2) is 11.1. The summed E-state index contributed by atoms with van der Waals surface area (Å²) in [4.78, 5) is 27.9. The van der Waals surface area contributed by atoms with E-state index < -0.39 is 0 Å². The molecule has 3 N–H and O–H groups in total. The number of amides is 1. The van der Waals surface area contributed by atoms with Gasteiger partial charge in [-0.1, -0.05) is 52.3 Å². The van der Waals surface area contributed by atoms with E-state index in [9.17, 15) is 4.79 Å². The van der Waals surface area contributed by atoms with Gasteiger partial charge in [0.1, 0.15) is 23.2 Å². The molecule has 0 aliphatic rings. The molecule has 0 radical (unpaired) electrons. The van der Waals surface area contributed by atoms with Crippen molar-refractivity contribution in [1.82, 2.24) is 24.4 Å². The molecule has 0 aliphatic heterocycles. The van der Waals surface area contributed by atoms with Gasteiger partial charge in [0, 0.05) is 29.7 Å². The first kappa shape index (κ1) is 26.8. The minimum absolute atomic E-state index is 0.0213. The summed E-state index contributed by atoms with van der Waals surface area (Å²) < 4.78 is 14.9. The van der Waals surface area contributed by atoms with E-state index in [1.54, 1.807) is 56.6 Å². The number of hydrogen-bond acceptors (Lipinski definition) is 7. The van der Waals surface area contributed by atoms with E-state index in [0.717, 1.165) is 5.56 Å². The zero-order chi connectivity index (χ0) is 28.4. The van der Waals surface area contributed by atoms with Crippen molar-refractivity contribution in [2.45, 2.75) is 13.5 Å². The summed E-state index contributed by atoms with van der Waals surface area (Å²) in [5, 5.41) is 7.82. The first-order chi connectivity index (χ1) is 19.2. The third kappa shape index (κ3) is 5.79. The zero-order valence-electron chi connectivity index (χ0n) is 22.1. The van der Waals surface area contributed by atoms with Gasteiger partial charge in [-0.3, -0.25) is 10.2 Å². The monoisotopic (exact) mass is 599 g/mol. The molecule has 40 heavy (non-hydrogen) atoms. The normalized spacial score (nSPS) is 10.9. The molecule has 0 bridgehead atoms. The van der Waals surface area contributed by atoms with Crippen LogP contribution in [-0.4, -0.2) is 50.3 Å². The minimum atomic E-state index is -0.154. The molecule has 11 heteroatoms. The Morgan fingerprint density at radius 2 is 1.70 bits per heavy atom. The van der Waals surface area contributed by atoms with Crippen molar-refractivity contribution in [3.05, 3.63) is 99.8 Å². The summed E-state index contributed by atoms with van der Waals surface area (Å²) in [5.74, 6) is 1.43. The molecule has 5 aromatic rings. The molecule has 0 saturated carbocycles. The lowest BCUT2D eigenvalue weighted by molar-refractivity contribution is 0.0827. The molecule has 0 aliphatic carbocycles. The SMILES string of the molecule is Cc1nc2c(Oc3cc(Br)cc(C(=N)N)c3)nc(Oc3cccc(C(=O)N(C)C)c3)nc2n1Cc1ccccc1. The molecule has 0 spiro atoms. The molecular formula is C29H26BrN7O3. The number of nitrogens with one attached hydrogen (secondary N) is 1. The predicted octanol–water partition coefficient (Wildman–Crippen LogP) is 5.52. The van der Waals surface area contributed by atoms with Crippen LogP contribution in [0.1, 0.15) is 27.3 Å². The topological polar surface area (TPSA) is 132 Å². The summed E-state index contributed by atoms with van der Waals surface area (Å²) in [6.07, 6.45) is 0. The maximum Gasteiger partial charge on any atom is 0.327 e. The number of hydrogen-bond donors (Lipinski definition) is 2. The third-order valence-corrected chi connectivity index (χ3v) is 6.47. The Bertz CT molecular complexity index is 1740. The van der Waals surface area contributed by atoms with Gasteiger partial charge in [0.05, 0.1) is 6.54 Å². The number of carbonyl (C=O) groups excluding carboxylic acids is 1. The Kier molecular flexibility index (Phi) is 7.47. The Hall–Kier alpha value is -4.77. The van der Waals surface area contributed by atoms with E-state index in [1.165, 1.54) is 4.90 Å². The van der Waals surface area contributed by atoms with Crippen LogP contribution in [0.15, 0.2) is 77.3 Å². The van der Waals surface area contributed by atoms with Crippen LogP contribution < -0.4 is 15.2 Å². The lowest BCUT2D eigenvalue weighted by atomic mass is 10.2. The van der Waals surface area contributed by atoms with E-state index >= 15 is 0 Å². The number of aromatic nitrogens is 4. The lowest BCUT2D eigenvalue weighted by Gasteiger charge is -2.12. The number of halogens is 1. The fourth-order valence-electron chi connectivity index (χ4n) is 4.08. The largest absolute Gasteiger partial charge is 0.437 e. The predicted molar refractivity (Wildman–Crippen MR) is 155 cm³/mol. The Morgan fingerprint density at radius 3 is 2.42 bits per heavy atom. The number of rotatable bonds is 8. The summed E-state index contributed by atoms with van der Waals surface area (Å²) in [7, 11) is 3.37. The smallest absolute Gasteiger partial charge is 0.327 e. The van der Waals surface area contributed by atoms with Crippen molar-refractivity contribution < 1.29 is 14.3 Å². The highest BCUT2D eigenvalue weighted by atomic mass is 79.9. The van der Waals surface area contributed by atoms with Gasteiger partial charge < -0.3 is 24.7 Å². The summed E-state index contributed by atoms with van der Waals surface area (Å²) in [5.41, 5.74) is 8.70. The zero-order valence-corrected chi connectivity index (χ0v) is 23.6. The van der Waals surface area contributed by atoms with Crippen molar-refractivity contribution in [2.24, 2.45) is 5.73 Å². The van der Waals surface area contributed by atoms with Crippen LogP contribution in [0.25, 0.3) is 11.2 Å². The molecule has 2 aromatic heterocycles. The molecular weight excluding hydrogens is 574 g/mol. The van der Waals surface area contributed by atoms with Gasteiger partial charge in [0.2, 0.25) is 0 Å². The van der Waals surface area contributed by atoms with Crippen LogP contribution in [0.4, 0.5) is 0 Å². The molecule has 0 saturated heterocycles. The number of nitrogen functional groups attached to an aromatic ring is 1. The molecule has 202 valence electrons. The molecule has 5 rings (SSSR count). The number of amidine groups is 1. The highest BCUT2D eigenvalue weighted by molar-refractivity contribution is 9.10. The van der Waals surface area contributed by atoms with Gasteiger partial charge in [-0.25, -0.2) is 4.98 Å². The first-order valence-electron chi connectivity index (χ1n) is 12.3. The summed E-state index contributed by atoms with van der Waals surface area (Å²) >= 11 is 3.44. The fourth-order valence-corrected chi connectivity index (χ4v) is 4.55. The first-order valence-corrected chi connectivity index (χ1v) is 13.1. The number of ether oxygens (including phenoxy) is 2. The molecule has 0 atom stereocenters. The van der Waals surface area contributed by atoms with Crippen LogP contribution in [0.3, 0.4) is 0 Å². The van der Waals surface area contributed by atoms with Crippen molar-refractivity contribution >= 4 is 38.8 Å². The standard InChI is InChI=1S/C29H26BrN7O3/c1-17-33-24-26(37(17)16-18-8-5-4-6-9-18)34-29(40-22-11-7-10-19(13-22)28(38)36(2)3)35-27(24)39-23-14-20(25(31)32)12-21(30)15-23/h4-15H,16H2,1-3H3,(H3,31,32). The second-order valence-corrected chi connectivity index (χ2v) is 10.2. The number of aryl methyl sites for hydroxylation is 1. The molecule has 1 amide bonds. The van der Waals surface area contributed by atoms with Crippen molar-refractivity contribution in [2.75, 3.05) is 14.1 Å². The van der Waals surface area contributed by atoms with Crippen molar-refractivity contribution in [3.63, 3.8) is 0 Å². The number of benzene rings is 3. The van der Waals surface area contributed by atoms with Gasteiger partial charge in [-0.15, -0.1) is 0 Å². The highest BCUT2D eigenvalue weighted by Gasteiger charge is 2.20.